The first kappa shape index (κ1) is 18.4. The Morgan fingerprint density at radius 2 is 2.18 bits per heavy atom. The molecule has 3 N–H and O–H groups in total. The number of ether oxygens (including phenoxy) is 1. The second-order valence-electron chi connectivity index (χ2n) is 8.04. The fourth-order valence-corrected chi connectivity index (χ4v) is 3.50. The maximum atomic E-state index is 11.9. The first-order chi connectivity index (χ1) is 13.4. The van der Waals surface area contributed by atoms with Crippen LogP contribution >= 0.6 is 0 Å². The molecule has 1 aromatic carbocycles. The first-order valence-electron chi connectivity index (χ1n) is 9.52. The van der Waals surface area contributed by atoms with Crippen LogP contribution in [0.2, 0.25) is 0 Å². The van der Waals surface area contributed by atoms with Gasteiger partial charge in [-0.25, -0.2) is 9.78 Å². The lowest BCUT2D eigenvalue weighted by Crippen LogP contribution is -2.32. The molecule has 2 aromatic heterocycles. The number of benzene rings is 1. The lowest BCUT2D eigenvalue weighted by Gasteiger charge is -2.19. The smallest absolute Gasteiger partial charge is 0.407 e. The molecule has 0 radical (unpaired) electrons. The number of hydrogen-bond acceptors (Lipinski definition) is 5. The Labute approximate surface area is 163 Å². The fraction of sp³-hybridized carbons (Fsp3) is 0.381. The Bertz CT molecular complexity index is 1020. The second kappa shape index (κ2) is 7.24. The molecular formula is C21H25N5O2. The highest BCUT2D eigenvalue weighted by molar-refractivity contribution is 5.94. The Balaban J connectivity index is 1.61. The van der Waals surface area contributed by atoms with E-state index in [1.807, 2.05) is 45.2 Å². The van der Waals surface area contributed by atoms with E-state index >= 15 is 0 Å². The zero-order valence-electron chi connectivity index (χ0n) is 16.4. The summed E-state index contributed by atoms with van der Waals surface area (Å²) in [6.45, 7) is 7.73. The van der Waals surface area contributed by atoms with Gasteiger partial charge in [0, 0.05) is 24.8 Å². The number of alkyl carbamates (subject to hydrolysis) is 1. The van der Waals surface area contributed by atoms with Crippen LogP contribution in [0.1, 0.15) is 37.5 Å². The van der Waals surface area contributed by atoms with Crippen molar-refractivity contribution in [3.63, 3.8) is 0 Å². The maximum absolute atomic E-state index is 11.9. The Morgan fingerprint density at radius 1 is 1.32 bits per heavy atom. The topological polar surface area (TPSA) is 91.9 Å². The van der Waals surface area contributed by atoms with Gasteiger partial charge in [0.05, 0.1) is 11.1 Å². The van der Waals surface area contributed by atoms with E-state index in [9.17, 15) is 4.79 Å². The van der Waals surface area contributed by atoms with E-state index in [0.717, 1.165) is 47.4 Å². The standard InChI is InChI=1S/C21H25N5O2/c1-21(2,3)28-20(27)24-10-13-5-4-6-14(9-13)18-17-16-7-8-22-11-15(16)12-23-19(17)26-25-18/h4-6,9,12,22H,7-8,10-11H2,1-3H3,(H,24,27)(H,23,25,26). The minimum absolute atomic E-state index is 0.398. The highest BCUT2D eigenvalue weighted by Gasteiger charge is 2.19. The second-order valence-corrected chi connectivity index (χ2v) is 8.04. The summed E-state index contributed by atoms with van der Waals surface area (Å²) in [5.74, 6) is 0. The van der Waals surface area contributed by atoms with Gasteiger partial charge in [0.25, 0.3) is 0 Å². The average Bonchev–Trinajstić information content (AvgIpc) is 3.10. The minimum atomic E-state index is -0.512. The van der Waals surface area contributed by atoms with Crippen LogP contribution in [0.15, 0.2) is 30.5 Å². The number of aromatic amines is 1. The van der Waals surface area contributed by atoms with Crippen molar-refractivity contribution in [3.8, 4) is 11.3 Å². The summed E-state index contributed by atoms with van der Waals surface area (Å²) in [6, 6.07) is 8.07. The molecule has 4 rings (SSSR count). The van der Waals surface area contributed by atoms with Gasteiger partial charge in [0.1, 0.15) is 5.60 Å². The summed E-state index contributed by atoms with van der Waals surface area (Å²) in [7, 11) is 0. The molecule has 0 atom stereocenters. The number of H-pyrrole nitrogens is 1. The fourth-order valence-electron chi connectivity index (χ4n) is 3.50. The summed E-state index contributed by atoms with van der Waals surface area (Å²) in [5, 5.41) is 14.8. The lowest BCUT2D eigenvalue weighted by molar-refractivity contribution is 0.0523. The van der Waals surface area contributed by atoms with Crippen molar-refractivity contribution in [2.75, 3.05) is 6.54 Å². The summed E-state index contributed by atoms with van der Waals surface area (Å²) in [4.78, 5) is 16.4. The number of nitrogens with zero attached hydrogens (tertiary/aromatic N) is 2. The molecule has 3 heterocycles. The highest BCUT2D eigenvalue weighted by atomic mass is 16.6. The van der Waals surface area contributed by atoms with E-state index < -0.39 is 11.7 Å². The van der Waals surface area contributed by atoms with Gasteiger partial charge in [-0.1, -0.05) is 18.2 Å². The molecule has 0 fully saturated rings. The van der Waals surface area contributed by atoms with Gasteiger partial charge in [-0.15, -0.1) is 0 Å². The summed E-state index contributed by atoms with van der Waals surface area (Å²) < 4.78 is 5.30. The largest absolute Gasteiger partial charge is 0.444 e. The number of pyridine rings is 1. The molecular weight excluding hydrogens is 354 g/mol. The molecule has 28 heavy (non-hydrogen) atoms. The molecule has 146 valence electrons. The van der Waals surface area contributed by atoms with E-state index in [-0.39, 0.29) is 0 Å². The molecule has 0 saturated carbocycles. The third-order valence-electron chi connectivity index (χ3n) is 4.70. The van der Waals surface area contributed by atoms with Crippen molar-refractivity contribution in [3.05, 3.63) is 47.2 Å². The van der Waals surface area contributed by atoms with Crippen molar-refractivity contribution < 1.29 is 9.53 Å². The van der Waals surface area contributed by atoms with Crippen LogP contribution in [0, 0.1) is 0 Å². The molecule has 0 bridgehead atoms. The number of carbonyl (C=O) groups is 1. The molecule has 0 aliphatic carbocycles. The summed E-state index contributed by atoms with van der Waals surface area (Å²) in [5.41, 5.74) is 5.76. The van der Waals surface area contributed by atoms with E-state index in [2.05, 4.69) is 31.9 Å². The third-order valence-corrected chi connectivity index (χ3v) is 4.70. The lowest BCUT2D eigenvalue weighted by atomic mass is 9.96. The zero-order chi connectivity index (χ0) is 19.7. The van der Waals surface area contributed by atoms with Crippen LogP contribution < -0.4 is 10.6 Å². The first-order valence-corrected chi connectivity index (χ1v) is 9.52. The van der Waals surface area contributed by atoms with E-state index in [0.29, 0.717) is 6.54 Å². The van der Waals surface area contributed by atoms with Crippen molar-refractivity contribution >= 4 is 17.1 Å². The molecule has 1 aliphatic rings. The minimum Gasteiger partial charge on any atom is -0.444 e. The highest BCUT2D eigenvalue weighted by Crippen LogP contribution is 2.31. The molecule has 1 amide bonds. The maximum Gasteiger partial charge on any atom is 0.407 e. The summed E-state index contributed by atoms with van der Waals surface area (Å²) >= 11 is 0. The Hall–Kier alpha value is -2.93. The van der Waals surface area contributed by atoms with Crippen molar-refractivity contribution in [2.45, 2.75) is 45.9 Å². The molecule has 1 aliphatic heterocycles. The van der Waals surface area contributed by atoms with Crippen LogP contribution in [-0.2, 0) is 24.2 Å². The Morgan fingerprint density at radius 3 is 3.00 bits per heavy atom. The zero-order valence-corrected chi connectivity index (χ0v) is 16.4. The Kier molecular flexibility index (Phi) is 4.77. The van der Waals surface area contributed by atoms with Gasteiger partial charge in [0.2, 0.25) is 0 Å². The predicted octanol–water partition coefficient (Wildman–Crippen LogP) is 3.30. The SMILES string of the molecule is CC(C)(C)OC(=O)NCc1cccc(-c2[nH]nc3ncc4c(c23)CCNC4)c1. The number of rotatable bonds is 3. The normalized spacial score (nSPS) is 14.0. The number of hydrogen-bond donors (Lipinski definition) is 3. The molecule has 7 nitrogen and oxygen atoms in total. The van der Waals surface area contributed by atoms with Gasteiger partial charge in [-0.05, 0) is 56.5 Å². The third kappa shape index (κ3) is 3.84. The number of carbonyl (C=O) groups excluding carboxylic acids is 1. The van der Waals surface area contributed by atoms with Crippen LogP contribution in [0.25, 0.3) is 22.3 Å². The van der Waals surface area contributed by atoms with Gasteiger partial charge >= 0.3 is 6.09 Å². The number of aromatic nitrogens is 3. The molecule has 0 spiro atoms. The van der Waals surface area contributed by atoms with Gasteiger partial charge in [-0.3, -0.25) is 5.10 Å². The predicted molar refractivity (Wildman–Crippen MR) is 108 cm³/mol. The number of fused-ring (bicyclic) bond motifs is 3. The monoisotopic (exact) mass is 379 g/mol. The van der Waals surface area contributed by atoms with E-state index in [1.54, 1.807) is 0 Å². The quantitative estimate of drug-likeness (QED) is 0.649. The van der Waals surface area contributed by atoms with Crippen molar-refractivity contribution in [2.24, 2.45) is 0 Å². The van der Waals surface area contributed by atoms with Crippen LogP contribution in [0.5, 0.6) is 0 Å². The van der Waals surface area contributed by atoms with Crippen LogP contribution in [0.4, 0.5) is 4.79 Å². The van der Waals surface area contributed by atoms with E-state index in [1.165, 1.54) is 11.1 Å². The average molecular weight is 379 g/mol. The van der Waals surface area contributed by atoms with Crippen molar-refractivity contribution in [1.29, 1.82) is 0 Å². The molecule has 0 saturated heterocycles. The van der Waals surface area contributed by atoms with Crippen molar-refractivity contribution in [1.82, 2.24) is 25.8 Å². The number of nitrogens with one attached hydrogen (secondary N) is 3. The van der Waals surface area contributed by atoms with Crippen LogP contribution in [0.3, 0.4) is 0 Å². The summed E-state index contributed by atoms with van der Waals surface area (Å²) in [6.07, 6.45) is 2.45. The van der Waals surface area contributed by atoms with Crippen LogP contribution in [-0.4, -0.2) is 33.4 Å². The molecule has 7 heteroatoms. The van der Waals surface area contributed by atoms with Gasteiger partial charge < -0.3 is 15.4 Å². The number of amides is 1. The van der Waals surface area contributed by atoms with Gasteiger partial charge in [-0.2, -0.15) is 5.10 Å². The van der Waals surface area contributed by atoms with Gasteiger partial charge in [0.15, 0.2) is 5.65 Å². The molecule has 0 unspecified atom stereocenters. The van der Waals surface area contributed by atoms with E-state index in [4.69, 9.17) is 4.74 Å². The molecule has 3 aromatic rings.